The molecule has 21 heavy (non-hydrogen) atoms. The molecule has 5 heteroatoms. The second kappa shape index (κ2) is 5.28. The normalized spacial score (nSPS) is 10.6. The van der Waals surface area contributed by atoms with Crippen molar-refractivity contribution in [2.75, 3.05) is 0 Å². The second-order valence-corrected chi connectivity index (χ2v) is 4.48. The van der Waals surface area contributed by atoms with Crippen molar-refractivity contribution in [2.24, 2.45) is 0 Å². The lowest BCUT2D eigenvalue weighted by molar-refractivity contribution is 0.112. The summed E-state index contributed by atoms with van der Waals surface area (Å²) in [4.78, 5) is 11.2. The van der Waals surface area contributed by atoms with Gasteiger partial charge in [0, 0.05) is 11.8 Å². The minimum absolute atomic E-state index is 0.347. The van der Waals surface area contributed by atoms with Gasteiger partial charge in [-0.05, 0) is 48.5 Å². The number of carbonyl (C=O) groups excluding carboxylic acids is 1. The van der Waals surface area contributed by atoms with E-state index in [2.05, 4.69) is 5.10 Å². The maximum Gasteiger partial charge on any atom is 0.153 e. The molecular weight excluding hydrogens is 274 g/mol. The van der Waals surface area contributed by atoms with Crippen molar-refractivity contribution in [3.05, 3.63) is 71.9 Å². The minimum Gasteiger partial charge on any atom is -0.298 e. The summed E-state index contributed by atoms with van der Waals surface area (Å²) in [6.45, 7) is 0. The van der Waals surface area contributed by atoms with Gasteiger partial charge in [-0.25, -0.2) is 13.5 Å². The van der Waals surface area contributed by atoms with Crippen molar-refractivity contribution in [1.82, 2.24) is 9.78 Å². The summed E-state index contributed by atoms with van der Waals surface area (Å²) in [5.74, 6) is -0.704. The molecule has 1 aromatic heterocycles. The van der Waals surface area contributed by atoms with Gasteiger partial charge in [0.1, 0.15) is 17.3 Å². The van der Waals surface area contributed by atoms with Gasteiger partial charge in [0.15, 0.2) is 6.29 Å². The largest absolute Gasteiger partial charge is 0.298 e. The summed E-state index contributed by atoms with van der Waals surface area (Å²) in [5, 5.41) is 4.32. The maximum atomic E-state index is 13.0. The minimum atomic E-state index is -0.357. The summed E-state index contributed by atoms with van der Waals surface area (Å²) in [6.07, 6.45) is 2.24. The van der Waals surface area contributed by atoms with Crippen molar-refractivity contribution in [3.63, 3.8) is 0 Å². The molecule has 3 nitrogen and oxygen atoms in total. The summed E-state index contributed by atoms with van der Waals surface area (Å²) in [5.41, 5.74) is 2.10. The van der Waals surface area contributed by atoms with Crippen LogP contribution < -0.4 is 0 Å². The Balaban J connectivity index is 2.08. The monoisotopic (exact) mass is 284 g/mol. The number of aldehydes is 1. The smallest absolute Gasteiger partial charge is 0.153 e. The third-order valence-corrected chi connectivity index (χ3v) is 3.08. The van der Waals surface area contributed by atoms with Crippen molar-refractivity contribution < 1.29 is 13.6 Å². The van der Waals surface area contributed by atoms with Crippen LogP contribution in [0, 0.1) is 11.6 Å². The fraction of sp³-hybridized carbons (Fsp3) is 0. The zero-order chi connectivity index (χ0) is 14.8. The molecule has 3 rings (SSSR count). The first-order valence-corrected chi connectivity index (χ1v) is 6.24. The molecule has 3 aromatic rings. The van der Waals surface area contributed by atoms with E-state index in [1.807, 2.05) is 0 Å². The molecule has 0 fully saturated rings. The first-order chi connectivity index (χ1) is 10.2. The first-order valence-electron chi connectivity index (χ1n) is 6.24. The Morgan fingerprint density at radius 1 is 0.905 bits per heavy atom. The Kier molecular flexibility index (Phi) is 3.31. The van der Waals surface area contributed by atoms with Crippen LogP contribution >= 0.6 is 0 Å². The highest BCUT2D eigenvalue weighted by Crippen LogP contribution is 2.23. The lowest BCUT2D eigenvalue weighted by atomic mass is 10.1. The molecule has 0 N–H and O–H groups in total. The average molecular weight is 284 g/mol. The van der Waals surface area contributed by atoms with Crippen LogP contribution in [0.25, 0.3) is 16.9 Å². The van der Waals surface area contributed by atoms with E-state index in [0.29, 0.717) is 28.8 Å². The van der Waals surface area contributed by atoms with Crippen LogP contribution in [0.3, 0.4) is 0 Å². The summed E-state index contributed by atoms with van der Waals surface area (Å²) in [6, 6.07) is 11.5. The van der Waals surface area contributed by atoms with Gasteiger partial charge in [-0.15, -0.1) is 0 Å². The molecule has 104 valence electrons. The van der Waals surface area contributed by atoms with Crippen molar-refractivity contribution in [1.29, 1.82) is 0 Å². The molecule has 0 spiro atoms. The number of carbonyl (C=O) groups is 1. The molecule has 0 amide bonds. The van der Waals surface area contributed by atoms with Crippen molar-refractivity contribution >= 4 is 6.29 Å². The highest BCUT2D eigenvalue weighted by Gasteiger charge is 2.11. The zero-order valence-corrected chi connectivity index (χ0v) is 10.8. The standard InChI is InChI=1S/C16H10F2N2O/c17-13-3-1-11(2-4-13)16-12(10-21)9-20(19-16)15-7-5-14(18)6-8-15/h1-10H. The van der Waals surface area contributed by atoms with E-state index in [1.54, 1.807) is 30.5 Å². The number of rotatable bonds is 3. The van der Waals surface area contributed by atoms with Crippen LogP contribution in [0.2, 0.25) is 0 Å². The Morgan fingerprint density at radius 3 is 2.05 bits per heavy atom. The fourth-order valence-corrected chi connectivity index (χ4v) is 2.03. The molecule has 0 aliphatic carbocycles. The van der Waals surface area contributed by atoms with Gasteiger partial charge in [0.25, 0.3) is 0 Å². The van der Waals surface area contributed by atoms with Crippen LogP contribution in [0.4, 0.5) is 8.78 Å². The van der Waals surface area contributed by atoms with Gasteiger partial charge in [0.05, 0.1) is 11.3 Å². The first kappa shape index (κ1) is 13.2. The van der Waals surface area contributed by atoms with E-state index in [0.717, 1.165) is 0 Å². The Bertz CT molecular complexity index is 777. The SMILES string of the molecule is O=Cc1cn(-c2ccc(F)cc2)nc1-c1ccc(F)cc1. The second-order valence-electron chi connectivity index (χ2n) is 4.48. The van der Waals surface area contributed by atoms with Gasteiger partial charge in [-0.3, -0.25) is 4.79 Å². The molecule has 0 aliphatic rings. The van der Waals surface area contributed by atoms with Crippen LogP contribution in [0.15, 0.2) is 54.7 Å². The zero-order valence-electron chi connectivity index (χ0n) is 10.8. The predicted octanol–water partition coefficient (Wildman–Crippen LogP) is 3.63. The Labute approximate surface area is 119 Å². The number of halogens is 2. The summed E-state index contributed by atoms with van der Waals surface area (Å²) in [7, 11) is 0. The predicted molar refractivity (Wildman–Crippen MR) is 74.3 cm³/mol. The van der Waals surface area contributed by atoms with E-state index in [4.69, 9.17) is 0 Å². The number of aromatic nitrogens is 2. The van der Waals surface area contributed by atoms with Crippen LogP contribution in [0.1, 0.15) is 10.4 Å². The Morgan fingerprint density at radius 2 is 1.48 bits per heavy atom. The Hall–Kier alpha value is -2.82. The van der Waals surface area contributed by atoms with Crippen LogP contribution in [0.5, 0.6) is 0 Å². The fourth-order valence-electron chi connectivity index (χ4n) is 2.03. The highest BCUT2D eigenvalue weighted by molar-refractivity contribution is 5.85. The molecule has 0 radical (unpaired) electrons. The molecular formula is C16H10F2N2O. The van der Waals surface area contributed by atoms with Gasteiger partial charge in [-0.2, -0.15) is 5.10 Å². The van der Waals surface area contributed by atoms with Crippen molar-refractivity contribution in [3.8, 4) is 16.9 Å². The molecule has 0 saturated carbocycles. The van der Waals surface area contributed by atoms with Crippen LogP contribution in [-0.2, 0) is 0 Å². The van der Waals surface area contributed by atoms with E-state index in [-0.39, 0.29) is 11.6 Å². The molecule has 0 aliphatic heterocycles. The van der Waals surface area contributed by atoms with Gasteiger partial charge < -0.3 is 0 Å². The molecule has 0 unspecified atom stereocenters. The summed E-state index contributed by atoms with van der Waals surface area (Å²) < 4.78 is 27.4. The number of benzene rings is 2. The average Bonchev–Trinajstić information content (AvgIpc) is 2.93. The molecule has 0 saturated heterocycles. The maximum absolute atomic E-state index is 13.0. The topological polar surface area (TPSA) is 34.9 Å². The lowest BCUT2D eigenvalue weighted by Gasteiger charge is -2.01. The molecule has 0 atom stereocenters. The van der Waals surface area contributed by atoms with Crippen molar-refractivity contribution in [2.45, 2.75) is 0 Å². The summed E-state index contributed by atoms with van der Waals surface area (Å²) >= 11 is 0. The van der Waals surface area contributed by atoms with Gasteiger partial charge >= 0.3 is 0 Å². The van der Waals surface area contributed by atoms with Gasteiger partial charge in [-0.1, -0.05) is 0 Å². The molecule has 0 bridgehead atoms. The van der Waals surface area contributed by atoms with E-state index in [9.17, 15) is 13.6 Å². The quantitative estimate of drug-likeness (QED) is 0.688. The lowest BCUT2D eigenvalue weighted by Crippen LogP contribution is -1.94. The number of hydrogen-bond acceptors (Lipinski definition) is 2. The number of hydrogen-bond donors (Lipinski definition) is 0. The number of nitrogens with zero attached hydrogens (tertiary/aromatic N) is 2. The van der Waals surface area contributed by atoms with E-state index >= 15 is 0 Å². The third-order valence-electron chi connectivity index (χ3n) is 3.08. The molecule has 2 aromatic carbocycles. The highest BCUT2D eigenvalue weighted by atomic mass is 19.1. The molecule has 1 heterocycles. The third kappa shape index (κ3) is 2.58. The van der Waals surface area contributed by atoms with Gasteiger partial charge in [0.2, 0.25) is 0 Å². The van der Waals surface area contributed by atoms with E-state index < -0.39 is 0 Å². The van der Waals surface area contributed by atoms with E-state index in [1.165, 1.54) is 28.9 Å². The van der Waals surface area contributed by atoms with Crippen LogP contribution in [-0.4, -0.2) is 16.1 Å².